The van der Waals surface area contributed by atoms with Crippen molar-refractivity contribution in [3.8, 4) is 0 Å². The van der Waals surface area contributed by atoms with Crippen molar-refractivity contribution in [1.29, 1.82) is 0 Å². The zero-order chi connectivity index (χ0) is 26.2. The van der Waals surface area contributed by atoms with Crippen LogP contribution >= 0.6 is 11.6 Å². The number of amides is 1. The lowest BCUT2D eigenvalue weighted by molar-refractivity contribution is 0.0674. The molecule has 1 saturated heterocycles. The van der Waals surface area contributed by atoms with E-state index in [1.165, 1.54) is 24.8 Å². The van der Waals surface area contributed by atoms with Gasteiger partial charge in [0, 0.05) is 37.3 Å². The van der Waals surface area contributed by atoms with Crippen molar-refractivity contribution in [2.24, 2.45) is 11.8 Å². The maximum Gasteiger partial charge on any atom is 0.253 e. The minimum atomic E-state index is 0.0872. The van der Waals surface area contributed by atoms with E-state index in [0.29, 0.717) is 29.3 Å². The van der Waals surface area contributed by atoms with Crippen LogP contribution in [0.5, 0.6) is 0 Å². The molecule has 0 bridgehead atoms. The number of hydrogen-bond acceptors (Lipinski definition) is 5. The fraction of sp³-hybridized carbons (Fsp3) is 0.414. The molecule has 0 radical (unpaired) electrons. The largest absolute Gasteiger partial charge is 0.398 e. The zero-order valence-corrected chi connectivity index (χ0v) is 22.4. The van der Waals surface area contributed by atoms with Gasteiger partial charge >= 0.3 is 0 Å². The van der Waals surface area contributed by atoms with E-state index >= 15 is 0 Å². The smallest absolute Gasteiger partial charge is 0.253 e. The first-order valence-corrected chi connectivity index (χ1v) is 13.0. The molecule has 2 aromatic carbocycles. The van der Waals surface area contributed by atoms with Gasteiger partial charge in [-0.25, -0.2) is 0 Å². The van der Waals surface area contributed by atoms with E-state index in [1.54, 1.807) is 0 Å². The maximum absolute atomic E-state index is 12.7. The van der Waals surface area contributed by atoms with Crippen LogP contribution in [0.4, 0.5) is 5.69 Å². The monoisotopic (exact) mass is 509 g/mol. The number of halogens is 1. The Kier molecular flexibility index (Phi) is 10.1. The number of nitrogens with zero attached hydrogens (tertiary/aromatic N) is 1. The van der Waals surface area contributed by atoms with Crippen LogP contribution in [-0.2, 0) is 6.42 Å². The Hall–Kier alpha value is -2.64. The van der Waals surface area contributed by atoms with Gasteiger partial charge in [-0.1, -0.05) is 48.0 Å². The molecule has 1 aliphatic carbocycles. The maximum atomic E-state index is 12.7. The van der Waals surface area contributed by atoms with E-state index in [-0.39, 0.29) is 5.91 Å². The molecule has 0 spiro atoms. The molecular weight excluding hydrogens is 470 g/mol. The van der Waals surface area contributed by atoms with Crippen molar-refractivity contribution in [2.45, 2.75) is 52.1 Å². The van der Waals surface area contributed by atoms with Crippen molar-refractivity contribution in [3.63, 3.8) is 0 Å². The van der Waals surface area contributed by atoms with Crippen LogP contribution in [0.15, 0.2) is 60.7 Å². The molecule has 2 unspecified atom stereocenters. The SMILES string of the molecule is C=C(C)/C=C(\CNN)c1ccc(C(=O)N2CC(C)NC(C)C2)cc1.Nc1cc(CC2CC2)ccc1Cl. The summed E-state index contributed by atoms with van der Waals surface area (Å²) >= 11 is 5.81. The van der Waals surface area contributed by atoms with Crippen molar-refractivity contribution in [1.82, 2.24) is 15.6 Å². The van der Waals surface area contributed by atoms with Crippen molar-refractivity contribution in [2.75, 3.05) is 25.4 Å². The first-order valence-electron chi connectivity index (χ1n) is 12.7. The number of nitrogens with two attached hydrogens (primary N) is 2. The minimum absolute atomic E-state index is 0.0872. The predicted octanol–water partition coefficient (Wildman–Crippen LogP) is 4.81. The number of nitrogens with one attached hydrogen (secondary N) is 2. The third-order valence-electron chi connectivity index (χ3n) is 6.34. The second kappa shape index (κ2) is 13.1. The highest BCUT2D eigenvalue weighted by atomic mass is 35.5. The number of carbonyl (C=O) groups excluding carboxylic acids is 1. The molecule has 36 heavy (non-hydrogen) atoms. The Balaban J connectivity index is 0.000000249. The van der Waals surface area contributed by atoms with Crippen molar-refractivity contribution >= 4 is 28.8 Å². The summed E-state index contributed by atoms with van der Waals surface area (Å²) in [6.45, 7) is 12.1. The van der Waals surface area contributed by atoms with E-state index in [2.05, 4.69) is 37.2 Å². The number of piperazine rings is 1. The summed E-state index contributed by atoms with van der Waals surface area (Å²) in [6.07, 6.45) is 5.92. The van der Waals surface area contributed by atoms with Gasteiger partial charge in [0.2, 0.25) is 0 Å². The number of rotatable bonds is 7. The Morgan fingerprint density at radius 2 is 1.75 bits per heavy atom. The van der Waals surface area contributed by atoms with Gasteiger partial charge in [-0.3, -0.25) is 16.1 Å². The highest BCUT2D eigenvalue weighted by molar-refractivity contribution is 6.33. The lowest BCUT2D eigenvalue weighted by Crippen LogP contribution is -2.55. The zero-order valence-electron chi connectivity index (χ0n) is 21.7. The third kappa shape index (κ3) is 8.49. The fourth-order valence-electron chi connectivity index (χ4n) is 4.52. The Bertz CT molecular complexity index is 1070. The van der Waals surface area contributed by atoms with Crippen molar-refractivity contribution in [3.05, 3.63) is 82.4 Å². The van der Waals surface area contributed by atoms with Crippen LogP contribution in [0.3, 0.4) is 0 Å². The highest BCUT2D eigenvalue weighted by Gasteiger charge is 2.25. The topological polar surface area (TPSA) is 96.4 Å². The molecule has 2 fully saturated rings. The van der Waals surface area contributed by atoms with Gasteiger partial charge in [0.25, 0.3) is 5.91 Å². The van der Waals surface area contributed by atoms with Crippen LogP contribution in [0.2, 0.25) is 5.02 Å². The number of nitrogen functional groups attached to an aromatic ring is 1. The van der Waals surface area contributed by atoms with Gasteiger partial charge in [-0.2, -0.15) is 0 Å². The van der Waals surface area contributed by atoms with Gasteiger partial charge in [-0.05, 0) is 86.9 Å². The average Bonchev–Trinajstić information content (AvgIpc) is 3.64. The number of hydrogen-bond donors (Lipinski definition) is 4. The second-order valence-corrected chi connectivity index (χ2v) is 10.6. The van der Waals surface area contributed by atoms with Crippen molar-refractivity contribution < 1.29 is 4.79 Å². The summed E-state index contributed by atoms with van der Waals surface area (Å²) in [5.74, 6) is 6.45. The molecule has 1 amide bonds. The molecule has 6 nitrogen and oxygen atoms in total. The molecule has 0 aromatic heterocycles. The van der Waals surface area contributed by atoms with E-state index in [9.17, 15) is 4.79 Å². The number of anilines is 1. The van der Waals surface area contributed by atoms with Gasteiger partial charge in [-0.15, -0.1) is 0 Å². The van der Waals surface area contributed by atoms with Gasteiger partial charge < -0.3 is 16.0 Å². The Morgan fingerprint density at radius 3 is 2.28 bits per heavy atom. The van der Waals surface area contributed by atoms with Crippen LogP contribution in [-0.4, -0.2) is 42.5 Å². The number of allylic oxidation sites excluding steroid dienone is 2. The summed E-state index contributed by atoms with van der Waals surface area (Å²) in [7, 11) is 0. The van der Waals surface area contributed by atoms with E-state index in [4.69, 9.17) is 23.2 Å². The molecule has 1 aliphatic heterocycles. The van der Waals surface area contributed by atoms with Gasteiger partial charge in [0.05, 0.1) is 10.7 Å². The third-order valence-corrected chi connectivity index (χ3v) is 6.69. The van der Waals surface area contributed by atoms with Gasteiger partial charge in [0.1, 0.15) is 0 Å². The lowest BCUT2D eigenvalue weighted by Gasteiger charge is -2.36. The van der Waals surface area contributed by atoms with Crippen LogP contribution in [0.1, 0.15) is 55.1 Å². The van der Waals surface area contributed by atoms with E-state index in [1.807, 2.05) is 54.3 Å². The summed E-state index contributed by atoms with van der Waals surface area (Å²) in [5.41, 5.74) is 14.2. The van der Waals surface area contributed by atoms with Crippen LogP contribution in [0.25, 0.3) is 5.57 Å². The molecule has 1 heterocycles. The fourth-order valence-corrected chi connectivity index (χ4v) is 4.64. The quantitative estimate of drug-likeness (QED) is 0.186. The number of benzene rings is 2. The molecule has 2 aromatic rings. The van der Waals surface area contributed by atoms with E-state index in [0.717, 1.165) is 41.3 Å². The summed E-state index contributed by atoms with van der Waals surface area (Å²) in [4.78, 5) is 14.6. The van der Waals surface area contributed by atoms with E-state index < -0.39 is 0 Å². The first-order chi connectivity index (χ1) is 17.2. The Morgan fingerprint density at radius 1 is 1.14 bits per heavy atom. The molecular formula is C29H40ClN5O. The Labute approximate surface area is 220 Å². The highest BCUT2D eigenvalue weighted by Crippen LogP contribution is 2.33. The molecule has 7 heteroatoms. The predicted molar refractivity (Wildman–Crippen MR) is 152 cm³/mol. The second-order valence-electron chi connectivity index (χ2n) is 10.2. The summed E-state index contributed by atoms with van der Waals surface area (Å²) in [6, 6.07) is 14.3. The molecule has 194 valence electrons. The van der Waals surface area contributed by atoms with Crippen LogP contribution < -0.4 is 22.3 Å². The summed E-state index contributed by atoms with van der Waals surface area (Å²) in [5, 5.41) is 4.10. The molecule has 2 aliphatic rings. The number of hydrazine groups is 1. The minimum Gasteiger partial charge on any atom is -0.398 e. The molecule has 4 rings (SSSR count). The lowest BCUT2D eigenvalue weighted by atomic mass is 10.0. The molecule has 1 saturated carbocycles. The number of carbonyl (C=O) groups is 1. The van der Waals surface area contributed by atoms with Crippen LogP contribution in [0, 0.1) is 5.92 Å². The van der Waals surface area contributed by atoms with Gasteiger partial charge in [0.15, 0.2) is 0 Å². The standard InChI is InChI=1S/C19H28N4O.C10H12ClN/c1-13(2)9-18(10-21-20)16-5-7-17(8-6-16)19(24)23-11-14(3)22-15(4)12-23;11-9-4-3-8(6-10(9)12)5-7-1-2-7/h5-9,14-15,21-22H,1,10-12,20H2,2-4H3;3-4,6-7H,1-2,5,12H2/b18-9+;. The normalized spacial score (nSPS) is 19.9. The summed E-state index contributed by atoms with van der Waals surface area (Å²) < 4.78 is 0. The molecule has 6 N–H and O–H groups in total. The first kappa shape index (κ1) is 27.9. The molecule has 2 atom stereocenters. The average molecular weight is 510 g/mol.